The van der Waals surface area contributed by atoms with Crippen LogP contribution in [0.25, 0.3) is 22.2 Å². The van der Waals surface area contributed by atoms with E-state index < -0.39 is 29.2 Å². The number of halogens is 3. The first-order valence-corrected chi connectivity index (χ1v) is 17.7. The number of fused-ring (bicyclic) bond motifs is 1. The lowest BCUT2D eigenvalue weighted by atomic mass is 10.00. The van der Waals surface area contributed by atoms with Gasteiger partial charge in [-0.3, -0.25) is 4.79 Å². The smallest absolute Gasteiger partial charge is 0.201 e. The van der Waals surface area contributed by atoms with Crippen LogP contribution in [0, 0.1) is 11.6 Å². The van der Waals surface area contributed by atoms with E-state index >= 15 is 4.39 Å². The Hall–Kier alpha value is -3.70. The Balaban J connectivity index is 1.06. The molecule has 1 aliphatic heterocycles. The number of anilines is 1. The molecule has 0 radical (unpaired) electrons. The van der Waals surface area contributed by atoms with Crippen molar-refractivity contribution in [3.05, 3.63) is 77.6 Å². The summed E-state index contributed by atoms with van der Waals surface area (Å²) < 4.78 is 81.3. The fourth-order valence-corrected chi connectivity index (χ4v) is 6.01. The lowest BCUT2D eigenvalue weighted by Crippen LogP contribution is -2.16. The van der Waals surface area contributed by atoms with Gasteiger partial charge in [-0.2, -0.15) is 0 Å². The number of aromatic amines is 1. The number of nitrogens with one attached hydrogen (secondary N) is 2. The van der Waals surface area contributed by atoms with Crippen LogP contribution < -0.4 is 9.46 Å². The maximum atomic E-state index is 15.5. The Morgan fingerprint density at radius 2 is 1.55 bits per heavy atom. The van der Waals surface area contributed by atoms with Crippen LogP contribution in [0.1, 0.15) is 29.3 Å². The molecule has 0 bridgehead atoms. The van der Waals surface area contributed by atoms with Gasteiger partial charge in [0.15, 0.2) is 5.82 Å². The highest BCUT2D eigenvalue weighted by atomic mass is 32.2. The highest BCUT2D eigenvalue weighted by molar-refractivity contribution is 7.98. The number of carbonyl (C=O) groups excluding carboxylic acids is 1. The molecule has 0 spiro atoms. The van der Waals surface area contributed by atoms with Gasteiger partial charge in [-0.15, -0.1) is 0 Å². The van der Waals surface area contributed by atoms with E-state index in [0.717, 1.165) is 23.8 Å². The molecule has 1 fully saturated rings. The van der Waals surface area contributed by atoms with E-state index in [4.69, 9.17) is 28.4 Å². The summed E-state index contributed by atoms with van der Waals surface area (Å²) in [5, 5.41) is 0.419. The average molecular weight is 733 g/mol. The second kappa shape index (κ2) is 20.4. The highest BCUT2D eigenvalue weighted by Gasteiger charge is 2.26. The molecule has 2 aromatic carbocycles. The molecule has 51 heavy (non-hydrogen) atoms. The van der Waals surface area contributed by atoms with Gasteiger partial charge >= 0.3 is 0 Å². The van der Waals surface area contributed by atoms with Gasteiger partial charge in [-0.1, -0.05) is 12.1 Å². The molecule has 0 unspecified atom stereocenters. The van der Waals surface area contributed by atoms with Crippen LogP contribution in [0.3, 0.4) is 0 Å². The molecule has 3 heterocycles. The first kappa shape index (κ1) is 38.5. The zero-order valence-corrected chi connectivity index (χ0v) is 29.3. The summed E-state index contributed by atoms with van der Waals surface area (Å²) in [6.45, 7) is 8.09. The number of hydrogen-bond acceptors (Lipinski definition) is 11. The third-order valence-corrected chi connectivity index (χ3v) is 8.75. The maximum absolute atomic E-state index is 15.5. The van der Waals surface area contributed by atoms with Crippen LogP contribution in [0.15, 0.2) is 54.9 Å². The van der Waals surface area contributed by atoms with Crippen molar-refractivity contribution in [3.63, 3.8) is 0 Å². The van der Waals surface area contributed by atoms with Gasteiger partial charge in [-0.05, 0) is 49.2 Å². The molecular weight excluding hydrogens is 689 g/mol. The number of aromatic nitrogens is 2. The Labute approximate surface area is 299 Å². The molecule has 15 heteroatoms. The summed E-state index contributed by atoms with van der Waals surface area (Å²) in [7, 11) is 0. The van der Waals surface area contributed by atoms with Gasteiger partial charge in [0.1, 0.15) is 30.0 Å². The minimum atomic E-state index is -1.02. The topological polar surface area (TPSA) is 116 Å². The number of pyridine rings is 1. The number of alkyl halides is 1. The quantitative estimate of drug-likeness (QED) is 0.0513. The predicted octanol–water partition coefficient (Wildman–Crippen LogP) is 6.24. The maximum Gasteiger partial charge on any atom is 0.201 e. The minimum Gasteiger partial charge on any atom is -0.491 e. The number of carbonyl (C=O) groups is 1. The van der Waals surface area contributed by atoms with Crippen molar-refractivity contribution >= 4 is 34.6 Å². The Kier molecular flexibility index (Phi) is 15.4. The summed E-state index contributed by atoms with van der Waals surface area (Å²) >= 11 is 1.02. The van der Waals surface area contributed by atoms with E-state index in [0.29, 0.717) is 108 Å². The number of benzene rings is 2. The van der Waals surface area contributed by atoms with Gasteiger partial charge < -0.3 is 38.1 Å². The summed E-state index contributed by atoms with van der Waals surface area (Å²) in [6, 6.07) is 11.3. The van der Waals surface area contributed by atoms with Crippen molar-refractivity contribution in [2.24, 2.45) is 0 Å². The molecule has 2 N–H and O–H groups in total. The Bertz CT molecular complexity index is 1680. The Morgan fingerprint density at radius 3 is 2.18 bits per heavy atom. The van der Waals surface area contributed by atoms with E-state index in [1.807, 2.05) is 31.2 Å². The predicted molar refractivity (Wildman–Crippen MR) is 189 cm³/mol. The summed E-state index contributed by atoms with van der Waals surface area (Å²) in [5.74, 6) is -2.19. The zero-order chi connectivity index (χ0) is 35.8. The molecule has 2 aromatic heterocycles. The second-order valence-corrected chi connectivity index (χ2v) is 12.3. The standard InChI is InChI=1S/C36H43F3N4O7S/c1-2-45-11-12-46-13-14-47-15-16-48-17-18-49-19-20-50-28-5-3-25(4-6-28)26-21-29-30(23-41-36(29)40-22-26)35(44)33-31(38)7-8-32(34(33)39)42-51-43-10-9-27(37)24-43/h3-8,21-23,27,42H,2,9-20,24H2,1H3,(H,40,41)/t27-/m1/s1. The van der Waals surface area contributed by atoms with Crippen LogP contribution in [0.2, 0.25) is 0 Å². The number of rotatable bonds is 23. The summed E-state index contributed by atoms with van der Waals surface area (Å²) in [6.07, 6.45) is 2.48. The van der Waals surface area contributed by atoms with Gasteiger partial charge in [-0.25, -0.2) is 22.5 Å². The molecule has 1 atom stereocenters. The molecule has 0 aliphatic carbocycles. The fourth-order valence-electron chi connectivity index (χ4n) is 5.19. The molecule has 0 saturated carbocycles. The van der Waals surface area contributed by atoms with Crippen molar-refractivity contribution in [1.29, 1.82) is 0 Å². The normalized spacial score (nSPS) is 14.8. The van der Waals surface area contributed by atoms with Crippen LogP contribution in [0.5, 0.6) is 5.75 Å². The van der Waals surface area contributed by atoms with Crippen LogP contribution in [-0.2, 0) is 23.7 Å². The molecule has 0 amide bonds. The molecule has 1 saturated heterocycles. The number of nitrogens with zero attached hydrogens (tertiary/aromatic N) is 2. The lowest BCUT2D eigenvalue weighted by molar-refractivity contribution is -0.0119. The molecule has 1 aliphatic rings. The van der Waals surface area contributed by atoms with Crippen molar-refractivity contribution < 1.29 is 46.4 Å². The number of hydrogen-bond donors (Lipinski definition) is 2. The monoisotopic (exact) mass is 732 g/mol. The van der Waals surface area contributed by atoms with Crippen molar-refractivity contribution in [2.75, 3.05) is 90.5 Å². The first-order chi connectivity index (χ1) is 24.9. The molecule has 276 valence electrons. The van der Waals surface area contributed by atoms with Gasteiger partial charge in [0.05, 0.1) is 70.7 Å². The second-order valence-electron chi connectivity index (χ2n) is 11.4. The third kappa shape index (κ3) is 11.4. The Morgan fingerprint density at radius 1 is 0.902 bits per heavy atom. The first-order valence-electron chi connectivity index (χ1n) is 16.9. The third-order valence-electron chi connectivity index (χ3n) is 7.85. The van der Waals surface area contributed by atoms with E-state index in [-0.39, 0.29) is 17.8 Å². The molecule has 5 rings (SSSR count). The molecular formula is C36H43F3N4O7S. The van der Waals surface area contributed by atoms with Gasteiger partial charge in [0.25, 0.3) is 0 Å². The van der Waals surface area contributed by atoms with Crippen molar-refractivity contribution in [3.8, 4) is 16.9 Å². The summed E-state index contributed by atoms with van der Waals surface area (Å²) in [4.78, 5) is 20.9. The van der Waals surface area contributed by atoms with Crippen LogP contribution in [0.4, 0.5) is 18.9 Å². The van der Waals surface area contributed by atoms with E-state index in [1.54, 1.807) is 16.6 Å². The number of ketones is 1. The molecule has 11 nitrogen and oxygen atoms in total. The van der Waals surface area contributed by atoms with Crippen molar-refractivity contribution in [2.45, 2.75) is 19.5 Å². The van der Waals surface area contributed by atoms with E-state index in [1.165, 1.54) is 12.3 Å². The zero-order valence-electron chi connectivity index (χ0n) is 28.5. The minimum absolute atomic E-state index is 0.0717. The van der Waals surface area contributed by atoms with E-state index in [9.17, 15) is 13.6 Å². The fraction of sp³-hybridized carbons (Fsp3) is 0.444. The van der Waals surface area contributed by atoms with Gasteiger partial charge in [0.2, 0.25) is 5.78 Å². The van der Waals surface area contributed by atoms with Gasteiger partial charge in [0, 0.05) is 60.7 Å². The highest BCUT2D eigenvalue weighted by Crippen LogP contribution is 2.31. The number of ether oxygens (including phenoxy) is 6. The van der Waals surface area contributed by atoms with Crippen LogP contribution in [-0.4, -0.2) is 112 Å². The van der Waals surface area contributed by atoms with E-state index in [2.05, 4.69) is 14.7 Å². The molecule has 4 aromatic rings. The summed E-state index contributed by atoms with van der Waals surface area (Å²) in [5.41, 5.74) is 1.22. The van der Waals surface area contributed by atoms with Crippen molar-refractivity contribution in [1.82, 2.24) is 14.3 Å². The number of H-pyrrole nitrogens is 1. The SMILES string of the molecule is CCOCCOCCOCCOCCOCCOc1ccc(-c2cnc3[nH]cc(C(=O)c4c(F)ccc(NSN5CC[C@@H](F)C5)c4F)c3c2)cc1. The average Bonchev–Trinajstić information content (AvgIpc) is 3.76. The largest absolute Gasteiger partial charge is 0.491 e. The lowest BCUT2D eigenvalue weighted by Gasteiger charge is -2.15. The van der Waals surface area contributed by atoms with Crippen LogP contribution >= 0.6 is 12.1 Å².